The van der Waals surface area contributed by atoms with Crippen LogP contribution in [0.15, 0.2) is 31.6 Å². The van der Waals surface area contributed by atoms with Gasteiger partial charge in [-0.2, -0.15) is 0 Å². The third kappa shape index (κ3) is 24.6. The normalized spacial score (nSPS) is 18.9. The smallest absolute Gasteiger partial charge is 0.452 e. The monoisotopic (exact) mass is 1420 g/mol. The minimum absolute atomic E-state index is 0.00826. The standard InChI is InChI=1S/C28H35N2O13PS2.C28H35N2O12PS3/c1-6-9-10-13-45-46-19-38-17-28(25(33)39-11-7-2,26(34)40-12-8-3)18-41-44(36,37-5)43-21-14-23(42-22(21)16-31)30-15-20(4)24(32)29-27(30)35;1-6-9-10-13-45-46-19-37-17-28(25(33)38-11-7-2,26(34)39-12-8-3)18-40-43(44,36-5)42-21-14-23(41-22(21)16-31)30-15-20(4)24(32)29-27(30)35/h2*1-3,15,21-23,31H,9-14,16-19H2,4-5H3,(H,29,32,35)/t21?,22-,23-,44?;21?,22-,23-,43?/m11/s1. The molecule has 29 nitrogen and oxygen atoms in total. The van der Waals surface area contributed by atoms with Gasteiger partial charge in [-0.15, -0.1) is 50.4 Å². The van der Waals surface area contributed by atoms with Crippen molar-refractivity contribution in [3.8, 4) is 74.1 Å². The summed E-state index contributed by atoms with van der Waals surface area (Å²) in [6.07, 6.45) is 30.4. The first kappa shape index (κ1) is 80.6. The van der Waals surface area contributed by atoms with Crippen molar-refractivity contribution in [3.05, 3.63) is 65.2 Å². The topological polar surface area (TPSA) is 365 Å². The summed E-state index contributed by atoms with van der Waals surface area (Å²) in [4.78, 5) is 106. The first-order valence-corrected chi connectivity index (χ1v) is 36.1. The maximum Gasteiger partial charge on any atom is 0.474 e. The van der Waals surface area contributed by atoms with Crippen LogP contribution in [-0.2, 0) is 101 Å². The van der Waals surface area contributed by atoms with E-state index >= 15 is 0 Å². The number of phosphoric ester groups is 1. The molecule has 4 rings (SSSR count). The Morgan fingerprint density at radius 3 is 1.34 bits per heavy atom. The number of phosphoric acid groups is 1. The molecular formula is C56H70N4O25P2S5. The molecule has 36 heteroatoms. The van der Waals surface area contributed by atoms with E-state index in [4.69, 9.17) is 115 Å². The number of unbranched alkanes of at least 4 members (excludes halogenated alkanes) is 2. The molecule has 2 aliphatic rings. The van der Waals surface area contributed by atoms with Crippen LogP contribution in [0.2, 0.25) is 0 Å². The van der Waals surface area contributed by atoms with Crippen LogP contribution in [0.4, 0.5) is 0 Å². The van der Waals surface area contributed by atoms with E-state index in [0.717, 1.165) is 40.6 Å². The van der Waals surface area contributed by atoms with E-state index in [1.807, 2.05) is 0 Å². The summed E-state index contributed by atoms with van der Waals surface area (Å²) in [5.74, 6) is 10.5. The number of hydrogen-bond donors (Lipinski definition) is 4. The summed E-state index contributed by atoms with van der Waals surface area (Å²) in [5.41, 5.74) is -6.82. The van der Waals surface area contributed by atoms with E-state index in [1.165, 1.54) is 76.5 Å². The lowest BCUT2D eigenvalue weighted by Gasteiger charge is -2.31. The molecule has 4 unspecified atom stereocenters. The van der Waals surface area contributed by atoms with Crippen molar-refractivity contribution in [1.29, 1.82) is 0 Å². The fraction of sp³-hybridized carbons (Fsp3) is 0.571. The Hall–Kier alpha value is -5.60. The summed E-state index contributed by atoms with van der Waals surface area (Å²) in [5, 5.41) is 19.9. The van der Waals surface area contributed by atoms with Gasteiger partial charge in [0, 0.05) is 74.9 Å². The number of aromatic amines is 2. The first-order valence-electron chi connectivity index (χ1n) is 27.1. The summed E-state index contributed by atoms with van der Waals surface area (Å²) in [7, 11) is 3.08. The number of rotatable bonds is 40. The highest BCUT2D eigenvalue weighted by molar-refractivity contribution is 8.77. The van der Waals surface area contributed by atoms with Crippen LogP contribution in [0.25, 0.3) is 0 Å². The molecule has 504 valence electrons. The zero-order valence-electron chi connectivity index (χ0n) is 50.3. The molecule has 4 heterocycles. The number of ether oxygens (including phenoxy) is 8. The summed E-state index contributed by atoms with van der Waals surface area (Å²) < 4.78 is 92.3. The summed E-state index contributed by atoms with van der Waals surface area (Å²) in [6, 6.07) is 0. The van der Waals surface area contributed by atoms with E-state index < -0.39 is 175 Å². The fourth-order valence-electron chi connectivity index (χ4n) is 7.71. The number of aliphatic hydroxyl groups is 2. The summed E-state index contributed by atoms with van der Waals surface area (Å²) in [6.45, 7) is -7.00. The fourth-order valence-corrected chi connectivity index (χ4v) is 14.0. The van der Waals surface area contributed by atoms with Gasteiger partial charge in [0.2, 0.25) is 10.8 Å². The highest BCUT2D eigenvalue weighted by atomic mass is 33.1. The molecule has 0 aromatic carbocycles. The van der Waals surface area contributed by atoms with E-state index in [0.29, 0.717) is 12.8 Å². The number of terminal acetylenes is 6. The van der Waals surface area contributed by atoms with E-state index in [-0.39, 0.29) is 35.8 Å². The van der Waals surface area contributed by atoms with Gasteiger partial charge in [0.05, 0.1) is 45.7 Å². The quantitative estimate of drug-likeness (QED) is 0.0109. The zero-order valence-corrected chi connectivity index (χ0v) is 56.2. The molecule has 0 amide bonds. The van der Waals surface area contributed by atoms with E-state index in [2.05, 4.69) is 45.5 Å². The first-order chi connectivity index (χ1) is 44.0. The molecule has 8 atom stereocenters. The van der Waals surface area contributed by atoms with Crippen molar-refractivity contribution >= 4 is 93.4 Å². The molecule has 0 radical (unpaired) electrons. The summed E-state index contributed by atoms with van der Waals surface area (Å²) >= 11 is 5.54. The van der Waals surface area contributed by atoms with Gasteiger partial charge >= 0.3 is 49.8 Å². The van der Waals surface area contributed by atoms with Gasteiger partial charge in [0.1, 0.15) is 42.6 Å². The number of nitrogens with zero attached hydrogens (tertiary/aromatic N) is 2. The number of aliphatic hydroxyl groups excluding tert-OH is 2. The third-order valence-electron chi connectivity index (χ3n) is 12.5. The van der Waals surface area contributed by atoms with Gasteiger partial charge < -0.3 is 61.7 Å². The largest absolute Gasteiger partial charge is 0.474 e. The lowest BCUT2D eigenvalue weighted by molar-refractivity contribution is -0.180. The highest BCUT2D eigenvalue weighted by Gasteiger charge is 2.54. The average molecular weight is 1420 g/mol. The van der Waals surface area contributed by atoms with Crippen LogP contribution >= 0.6 is 57.7 Å². The second-order valence-corrected chi connectivity index (χ2v) is 28.7. The van der Waals surface area contributed by atoms with Gasteiger partial charge in [-0.1, -0.05) is 66.9 Å². The van der Waals surface area contributed by atoms with Gasteiger partial charge in [0.15, 0.2) is 26.4 Å². The van der Waals surface area contributed by atoms with E-state index in [9.17, 15) is 53.1 Å². The minimum atomic E-state index is -4.65. The molecule has 2 aromatic rings. The minimum Gasteiger partial charge on any atom is -0.452 e. The van der Waals surface area contributed by atoms with Crippen molar-refractivity contribution < 1.29 is 99.0 Å². The van der Waals surface area contributed by atoms with Gasteiger partial charge in [-0.25, -0.2) is 14.2 Å². The number of nitrogens with one attached hydrogen (secondary N) is 2. The van der Waals surface area contributed by atoms with Crippen molar-refractivity contribution in [2.24, 2.45) is 10.8 Å². The second kappa shape index (κ2) is 42.0. The lowest BCUT2D eigenvalue weighted by atomic mass is 9.90. The van der Waals surface area contributed by atoms with Crippen molar-refractivity contribution in [2.45, 2.75) is 89.2 Å². The Kier molecular flexibility index (Phi) is 36.8. The Morgan fingerprint density at radius 1 is 0.609 bits per heavy atom. The SMILES string of the molecule is C#CCCCSSCOCC(COP(=O)(OC)OC1C[C@H](n2cc(C)c(=O)[nH]c2=O)O[C@@H]1CO)(C(=O)OCC#C)C(=O)OCC#C.C#CCCCSSCOCC(COP(=S)(OC)OC1C[C@H](n2cc(C)c(=O)[nH]c2=O)O[C@@H]1CO)(C(=O)OCC#C)C(=O)OCC#C. The Labute approximate surface area is 551 Å². The predicted octanol–water partition coefficient (Wildman–Crippen LogP) is 2.89. The zero-order chi connectivity index (χ0) is 68.3. The third-order valence-corrected chi connectivity index (χ3v) is 20.7. The Balaban J connectivity index is 0.000000480. The van der Waals surface area contributed by atoms with Crippen LogP contribution < -0.4 is 22.5 Å². The number of aryl methyl sites for hydroxylation is 2. The van der Waals surface area contributed by atoms with Crippen molar-refractivity contribution in [1.82, 2.24) is 19.1 Å². The number of carbonyl (C=O) groups is 4. The number of H-pyrrole nitrogens is 2. The maximum atomic E-state index is 13.7. The number of aromatic nitrogens is 4. The highest BCUT2D eigenvalue weighted by Crippen LogP contribution is 2.55. The molecule has 0 spiro atoms. The number of hydrogen-bond acceptors (Lipinski definition) is 30. The van der Waals surface area contributed by atoms with Crippen LogP contribution in [0.1, 0.15) is 62.1 Å². The van der Waals surface area contributed by atoms with E-state index in [1.54, 1.807) is 0 Å². The van der Waals surface area contributed by atoms with Crippen molar-refractivity contribution in [3.63, 3.8) is 0 Å². The molecule has 0 bridgehead atoms. The van der Waals surface area contributed by atoms with Gasteiger partial charge in [-0.05, 0) is 38.5 Å². The maximum absolute atomic E-state index is 13.7. The molecule has 0 aliphatic carbocycles. The Bertz CT molecular complexity index is 3110. The molecule has 92 heavy (non-hydrogen) atoms. The van der Waals surface area contributed by atoms with Crippen LogP contribution in [0.3, 0.4) is 0 Å². The van der Waals surface area contributed by atoms with Crippen LogP contribution in [0, 0.1) is 98.7 Å². The number of esters is 4. The number of carbonyl (C=O) groups excluding carboxylic acids is 4. The molecular weight excluding hydrogens is 1350 g/mol. The van der Waals surface area contributed by atoms with Crippen molar-refractivity contribution in [2.75, 3.05) is 104 Å². The molecule has 4 N–H and O–H groups in total. The van der Waals surface area contributed by atoms with Crippen LogP contribution in [0.5, 0.6) is 0 Å². The molecule has 2 aromatic heterocycles. The molecule has 2 saturated heterocycles. The Morgan fingerprint density at radius 2 is 0.989 bits per heavy atom. The predicted molar refractivity (Wildman–Crippen MR) is 343 cm³/mol. The molecule has 2 fully saturated rings. The van der Waals surface area contributed by atoms with Crippen LogP contribution in [-0.4, -0.2) is 181 Å². The lowest BCUT2D eigenvalue weighted by Crippen LogP contribution is -2.49. The average Bonchev–Trinajstić information content (AvgIpc) is 1.30. The molecule has 2 aliphatic heterocycles. The van der Waals surface area contributed by atoms with Gasteiger partial charge in [0.25, 0.3) is 11.1 Å². The second-order valence-electron chi connectivity index (χ2n) is 18.9. The van der Waals surface area contributed by atoms with Gasteiger partial charge in [-0.3, -0.25) is 61.4 Å². The molecule has 0 saturated carbocycles.